The lowest BCUT2D eigenvalue weighted by Gasteiger charge is -2.04. The fourth-order valence-electron chi connectivity index (χ4n) is 1.15. The van der Waals surface area contributed by atoms with E-state index in [4.69, 9.17) is 16.2 Å². The highest BCUT2D eigenvalue weighted by molar-refractivity contribution is 5.86. The Morgan fingerprint density at radius 3 is 2.44 bits per heavy atom. The van der Waals surface area contributed by atoms with Crippen LogP contribution in [0.2, 0.25) is 0 Å². The minimum Gasteiger partial charge on any atom is -0.458 e. The molecule has 1 aromatic carbocycles. The molecule has 0 bridgehead atoms. The van der Waals surface area contributed by atoms with E-state index < -0.39 is 5.97 Å². The number of nitrogen functional groups attached to an aromatic ring is 2. The number of carbonyl (C=O) groups is 2. The van der Waals surface area contributed by atoms with E-state index in [0.29, 0.717) is 23.2 Å². The van der Waals surface area contributed by atoms with Crippen LogP contribution in [0.3, 0.4) is 0 Å². The van der Waals surface area contributed by atoms with Crippen molar-refractivity contribution >= 4 is 23.6 Å². The molecule has 84 valence electrons. The number of esters is 1. The van der Waals surface area contributed by atoms with Crippen LogP contribution in [-0.4, -0.2) is 12.3 Å². The molecule has 0 saturated heterocycles. The summed E-state index contributed by atoms with van der Waals surface area (Å²) >= 11 is 0. The van der Waals surface area contributed by atoms with Crippen LogP contribution in [0, 0.1) is 0 Å². The van der Waals surface area contributed by atoms with Crippen LogP contribution in [0.15, 0.2) is 30.4 Å². The van der Waals surface area contributed by atoms with Gasteiger partial charge in [-0.3, -0.25) is 4.79 Å². The zero-order chi connectivity index (χ0) is 12.0. The molecule has 16 heavy (non-hydrogen) atoms. The van der Waals surface area contributed by atoms with Gasteiger partial charge in [-0.05, 0) is 29.8 Å². The highest BCUT2D eigenvalue weighted by Gasteiger charge is 2.00. The summed E-state index contributed by atoms with van der Waals surface area (Å²) in [7, 11) is 0. The molecule has 0 aromatic heterocycles. The molecule has 0 unspecified atom stereocenters. The second-order valence-electron chi connectivity index (χ2n) is 3.11. The second kappa shape index (κ2) is 5.55. The molecule has 0 amide bonds. The summed E-state index contributed by atoms with van der Waals surface area (Å²) < 4.78 is 4.84. The van der Waals surface area contributed by atoms with E-state index in [1.54, 1.807) is 18.2 Å². The van der Waals surface area contributed by atoms with E-state index in [2.05, 4.69) is 0 Å². The minimum atomic E-state index is -0.590. The third-order valence-corrected chi connectivity index (χ3v) is 1.73. The summed E-state index contributed by atoms with van der Waals surface area (Å²) in [6, 6.07) is 4.93. The molecule has 1 rings (SSSR count). The van der Waals surface area contributed by atoms with Crippen molar-refractivity contribution in [2.45, 2.75) is 6.61 Å². The van der Waals surface area contributed by atoms with Crippen LogP contribution in [0.1, 0.15) is 5.56 Å². The lowest BCUT2D eigenvalue weighted by Crippen LogP contribution is -2.02. The number of anilines is 2. The Balaban J connectivity index is 2.57. The van der Waals surface area contributed by atoms with Gasteiger partial charge in [-0.2, -0.15) is 0 Å². The van der Waals surface area contributed by atoms with Crippen molar-refractivity contribution in [2.75, 3.05) is 11.5 Å². The molecule has 5 heteroatoms. The number of hydrogen-bond acceptors (Lipinski definition) is 5. The van der Waals surface area contributed by atoms with Crippen molar-refractivity contribution in [1.82, 2.24) is 0 Å². The number of ether oxygens (including phenoxy) is 1. The molecule has 5 nitrogen and oxygen atoms in total. The molecule has 0 saturated carbocycles. The Morgan fingerprint density at radius 1 is 1.25 bits per heavy atom. The van der Waals surface area contributed by atoms with E-state index in [0.717, 1.165) is 12.2 Å². The van der Waals surface area contributed by atoms with Crippen LogP contribution < -0.4 is 11.5 Å². The SMILES string of the molecule is Nc1cc(N)cc(COC(=O)/C=C/C=O)c1. The highest BCUT2D eigenvalue weighted by Crippen LogP contribution is 2.14. The van der Waals surface area contributed by atoms with Crippen LogP contribution in [0.5, 0.6) is 0 Å². The summed E-state index contributed by atoms with van der Waals surface area (Å²) in [5.74, 6) is -0.590. The lowest BCUT2D eigenvalue weighted by molar-refractivity contribution is -0.139. The second-order valence-corrected chi connectivity index (χ2v) is 3.11. The highest BCUT2D eigenvalue weighted by atomic mass is 16.5. The van der Waals surface area contributed by atoms with Crippen LogP contribution in [0.4, 0.5) is 11.4 Å². The lowest BCUT2D eigenvalue weighted by atomic mass is 10.2. The fourth-order valence-corrected chi connectivity index (χ4v) is 1.15. The summed E-state index contributed by atoms with van der Waals surface area (Å²) in [5.41, 5.74) is 12.8. The maximum atomic E-state index is 11.0. The average Bonchev–Trinajstić information content (AvgIpc) is 2.22. The zero-order valence-electron chi connectivity index (χ0n) is 8.55. The van der Waals surface area contributed by atoms with Gasteiger partial charge in [-0.1, -0.05) is 0 Å². The van der Waals surface area contributed by atoms with Crippen molar-refractivity contribution in [3.05, 3.63) is 35.9 Å². The summed E-state index contributed by atoms with van der Waals surface area (Å²) in [5, 5.41) is 0. The van der Waals surface area contributed by atoms with Gasteiger partial charge in [0.05, 0.1) is 0 Å². The Hall–Kier alpha value is -2.30. The van der Waals surface area contributed by atoms with E-state index in [9.17, 15) is 9.59 Å². The number of nitrogens with two attached hydrogens (primary N) is 2. The molecule has 1 aromatic rings. The van der Waals surface area contributed by atoms with Crippen molar-refractivity contribution in [3.8, 4) is 0 Å². The summed E-state index contributed by atoms with van der Waals surface area (Å²) in [6.07, 6.45) is 2.61. The van der Waals surface area contributed by atoms with E-state index in [1.165, 1.54) is 0 Å². The quantitative estimate of drug-likeness (QED) is 0.336. The number of hydrogen-bond donors (Lipinski definition) is 2. The Morgan fingerprint density at radius 2 is 1.88 bits per heavy atom. The molecule has 0 aliphatic carbocycles. The molecule has 0 aliphatic rings. The van der Waals surface area contributed by atoms with Crippen LogP contribution in [-0.2, 0) is 20.9 Å². The summed E-state index contributed by atoms with van der Waals surface area (Å²) in [6.45, 7) is 0.0667. The Labute approximate surface area is 92.7 Å². The average molecular weight is 220 g/mol. The topological polar surface area (TPSA) is 95.4 Å². The molecule has 0 atom stereocenters. The van der Waals surface area contributed by atoms with E-state index in [-0.39, 0.29) is 6.61 Å². The van der Waals surface area contributed by atoms with Gasteiger partial charge >= 0.3 is 5.97 Å². The first-order valence-corrected chi connectivity index (χ1v) is 4.55. The monoisotopic (exact) mass is 220 g/mol. The van der Waals surface area contributed by atoms with Gasteiger partial charge < -0.3 is 16.2 Å². The van der Waals surface area contributed by atoms with Gasteiger partial charge in [0.15, 0.2) is 0 Å². The fraction of sp³-hybridized carbons (Fsp3) is 0.0909. The first-order valence-electron chi connectivity index (χ1n) is 4.55. The van der Waals surface area contributed by atoms with Gasteiger partial charge in [-0.15, -0.1) is 0 Å². The largest absolute Gasteiger partial charge is 0.458 e. The molecule has 0 heterocycles. The molecule has 0 aliphatic heterocycles. The molecular formula is C11H12N2O3. The maximum Gasteiger partial charge on any atom is 0.331 e. The van der Waals surface area contributed by atoms with Crippen molar-refractivity contribution in [3.63, 3.8) is 0 Å². The van der Waals surface area contributed by atoms with E-state index >= 15 is 0 Å². The van der Waals surface area contributed by atoms with Crippen molar-refractivity contribution in [2.24, 2.45) is 0 Å². The van der Waals surface area contributed by atoms with Gasteiger partial charge in [0.1, 0.15) is 12.9 Å². The smallest absolute Gasteiger partial charge is 0.331 e. The first kappa shape index (κ1) is 11.8. The predicted molar refractivity (Wildman–Crippen MR) is 60.3 cm³/mol. The van der Waals surface area contributed by atoms with Gasteiger partial charge in [0.2, 0.25) is 0 Å². The number of carbonyl (C=O) groups excluding carboxylic acids is 2. The van der Waals surface area contributed by atoms with Gasteiger partial charge in [0.25, 0.3) is 0 Å². The standard InChI is InChI=1S/C11H12N2O3/c12-9-4-8(5-10(13)6-9)7-16-11(15)2-1-3-14/h1-6H,7,12-13H2/b2-1+. The third kappa shape index (κ3) is 3.83. The third-order valence-electron chi connectivity index (χ3n) is 1.73. The number of allylic oxidation sites excluding steroid dienone is 1. The van der Waals surface area contributed by atoms with Crippen LogP contribution in [0.25, 0.3) is 0 Å². The van der Waals surface area contributed by atoms with Crippen molar-refractivity contribution in [1.29, 1.82) is 0 Å². The molecule has 0 radical (unpaired) electrons. The number of benzene rings is 1. The van der Waals surface area contributed by atoms with Gasteiger partial charge in [-0.25, -0.2) is 4.79 Å². The Bertz CT molecular complexity index is 407. The number of rotatable bonds is 4. The van der Waals surface area contributed by atoms with Crippen LogP contribution >= 0.6 is 0 Å². The molecule has 4 N–H and O–H groups in total. The first-order chi connectivity index (χ1) is 7.61. The Kier molecular flexibility index (Phi) is 4.08. The normalized spacial score (nSPS) is 10.2. The zero-order valence-corrected chi connectivity index (χ0v) is 8.55. The van der Waals surface area contributed by atoms with Gasteiger partial charge in [0, 0.05) is 17.5 Å². The molecule has 0 spiro atoms. The maximum absolute atomic E-state index is 11.0. The van der Waals surface area contributed by atoms with Crippen molar-refractivity contribution < 1.29 is 14.3 Å². The minimum absolute atomic E-state index is 0.0667. The summed E-state index contributed by atoms with van der Waals surface area (Å²) in [4.78, 5) is 21.0. The van der Waals surface area contributed by atoms with E-state index in [1.807, 2.05) is 0 Å². The molecular weight excluding hydrogens is 208 g/mol. The molecule has 0 fully saturated rings. The predicted octanol–water partition coefficient (Wildman–Crippen LogP) is 0.649. The number of aldehydes is 1.